The van der Waals surface area contributed by atoms with E-state index in [9.17, 15) is 0 Å². The number of benzene rings is 1. The van der Waals surface area contributed by atoms with E-state index in [1.807, 2.05) is 31.2 Å². The fraction of sp³-hybridized carbons (Fsp3) is 0.571. The molecule has 0 amide bonds. The first-order chi connectivity index (χ1) is 8.77. The monoisotopic (exact) mass is 250 g/mol. The van der Waals surface area contributed by atoms with Gasteiger partial charge < -0.3 is 9.47 Å². The summed E-state index contributed by atoms with van der Waals surface area (Å²) in [7, 11) is 0. The van der Waals surface area contributed by atoms with Crippen LogP contribution in [0.3, 0.4) is 0 Å². The zero-order valence-corrected chi connectivity index (χ0v) is 11.1. The Morgan fingerprint density at radius 3 is 2.89 bits per heavy atom. The Kier molecular flexibility index (Phi) is 4.58. The number of hydrogen-bond donors (Lipinski definition) is 2. The van der Waals surface area contributed by atoms with Gasteiger partial charge in [-0.3, -0.25) is 11.3 Å². The van der Waals surface area contributed by atoms with Gasteiger partial charge in [0.25, 0.3) is 0 Å². The average Bonchev–Trinajstić information content (AvgIpc) is 2.79. The molecule has 4 heteroatoms. The van der Waals surface area contributed by atoms with E-state index >= 15 is 0 Å². The Morgan fingerprint density at radius 1 is 1.50 bits per heavy atom. The molecule has 2 rings (SSSR count). The third kappa shape index (κ3) is 2.66. The van der Waals surface area contributed by atoms with Gasteiger partial charge in [0, 0.05) is 12.2 Å². The number of hydrazine groups is 1. The van der Waals surface area contributed by atoms with Gasteiger partial charge in [0.1, 0.15) is 5.75 Å². The van der Waals surface area contributed by atoms with Crippen LogP contribution in [0.1, 0.15) is 31.9 Å². The number of rotatable bonds is 5. The lowest BCUT2D eigenvalue weighted by molar-refractivity contribution is 0.0597. The third-order valence-electron chi connectivity index (χ3n) is 3.51. The highest BCUT2D eigenvalue weighted by Crippen LogP contribution is 2.34. The Morgan fingerprint density at radius 2 is 2.28 bits per heavy atom. The molecule has 1 heterocycles. The number of hydrogen-bond acceptors (Lipinski definition) is 4. The Bertz CT molecular complexity index is 384. The van der Waals surface area contributed by atoms with Crippen LogP contribution < -0.4 is 16.0 Å². The Balaban J connectivity index is 2.26. The van der Waals surface area contributed by atoms with Gasteiger partial charge in [-0.15, -0.1) is 0 Å². The minimum atomic E-state index is -0.0229. The zero-order chi connectivity index (χ0) is 13.0. The molecule has 100 valence electrons. The normalized spacial score (nSPS) is 25.1. The molecular formula is C14H22N2O2. The van der Waals surface area contributed by atoms with E-state index in [1.54, 1.807) is 0 Å². The molecule has 1 aromatic carbocycles. The number of para-hydroxylation sites is 1. The van der Waals surface area contributed by atoms with E-state index < -0.39 is 0 Å². The average molecular weight is 250 g/mol. The maximum Gasteiger partial charge on any atom is 0.124 e. The van der Waals surface area contributed by atoms with Crippen molar-refractivity contribution in [1.29, 1.82) is 0 Å². The van der Waals surface area contributed by atoms with Crippen LogP contribution >= 0.6 is 0 Å². The summed E-state index contributed by atoms with van der Waals surface area (Å²) in [5.41, 5.74) is 3.95. The van der Waals surface area contributed by atoms with Crippen LogP contribution in [-0.4, -0.2) is 19.3 Å². The van der Waals surface area contributed by atoms with E-state index in [2.05, 4.69) is 12.3 Å². The maximum absolute atomic E-state index is 5.81. The largest absolute Gasteiger partial charge is 0.494 e. The van der Waals surface area contributed by atoms with Gasteiger partial charge in [-0.05, 0) is 25.3 Å². The summed E-state index contributed by atoms with van der Waals surface area (Å²) in [6, 6.07) is 7.97. The molecule has 0 aromatic heterocycles. The van der Waals surface area contributed by atoms with E-state index in [0.29, 0.717) is 12.5 Å². The molecule has 3 N–H and O–H groups in total. The smallest absolute Gasteiger partial charge is 0.124 e. The summed E-state index contributed by atoms with van der Waals surface area (Å²) in [6.07, 6.45) is 1.19. The molecule has 0 radical (unpaired) electrons. The summed E-state index contributed by atoms with van der Waals surface area (Å²) in [6.45, 7) is 5.64. The molecule has 0 aliphatic carbocycles. The Labute approximate surface area is 108 Å². The van der Waals surface area contributed by atoms with Crippen molar-refractivity contribution in [2.75, 3.05) is 13.2 Å². The topological polar surface area (TPSA) is 56.5 Å². The number of nitrogens with two attached hydrogens (primary N) is 1. The number of nitrogens with one attached hydrogen (secondary N) is 1. The molecule has 3 atom stereocenters. The van der Waals surface area contributed by atoms with Gasteiger partial charge in [-0.25, -0.2) is 0 Å². The summed E-state index contributed by atoms with van der Waals surface area (Å²) in [5.74, 6) is 7.11. The molecule has 1 aliphatic rings. The highest BCUT2D eigenvalue weighted by atomic mass is 16.5. The minimum absolute atomic E-state index is 0.0229. The zero-order valence-electron chi connectivity index (χ0n) is 11.1. The van der Waals surface area contributed by atoms with Crippen molar-refractivity contribution in [3.05, 3.63) is 29.8 Å². The lowest BCUT2D eigenvalue weighted by Crippen LogP contribution is -2.39. The molecule has 1 saturated heterocycles. The van der Waals surface area contributed by atoms with Crippen LogP contribution in [0, 0.1) is 5.92 Å². The van der Waals surface area contributed by atoms with Gasteiger partial charge in [0.15, 0.2) is 0 Å². The van der Waals surface area contributed by atoms with Crippen LogP contribution in [0.5, 0.6) is 5.75 Å². The molecule has 1 fully saturated rings. The van der Waals surface area contributed by atoms with Crippen molar-refractivity contribution in [1.82, 2.24) is 5.43 Å². The fourth-order valence-electron chi connectivity index (χ4n) is 2.53. The van der Waals surface area contributed by atoms with Gasteiger partial charge >= 0.3 is 0 Å². The van der Waals surface area contributed by atoms with Crippen molar-refractivity contribution in [3.8, 4) is 5.75 Å². The van der Waals surface area contributed by atoms with Crippen molar-refractivity contribution < 1.29 is 9.47 Å². The highest BCUT2D eigenvalue weighted by Gasteiger charge is 2.33. The standard InChI is InChI=1S/C14H22N2O2/c1-3-17-12-7-5-4-6-11(12)13(16-15)14-10(2)8-9-18-14/h4-7,10,13-14,16H,3,8-9,15H2,1-2H3. The summed E-state index contributed by atoms with van der Waals surface area (Å²) in [4.78, 5) is 0. The lowest BCUT2D eigenvalue weighted by Gasteiger charge is -2.27. The van der Waals surface area contributed by atoms with Gasteiger partial charge in [0.2, 0.25) is 0 Å². The molecule has 0 saturated carbocycles. The van der Waals surface area contributed by atoms with Crippen molar-refractivity contribution >= 4 is 0 Å². The minimum Gasteiger partial charge on any atom is -0.494 e. The van der Waals surface area contributed by atoms with Crippen LogP contribution in [0.25, 0.3) is 0 Å². The van der Waals surface area contributed by atoms with Gasteiger partial charge in [-0.2, -0.15) is 0 Å². The van der Waals surface area contributed by atoms with Crippen molar-refractivity contribution in [2.24, 2.45) is 11.8 Å². The van der Waals surface area contributed by atoms with E-state index in [-0.39, 0.29) is 12.1 Å². The molecule has 0 spiro atoms. The van der Waals surface area contributed by atoms with Gasteiger partial charge in [0.05, 0.1) is 18.8 Å². The predicted molar refractivity (Wildman–Crippen MR) is 71.2 cm³/mol. The molecule has 0 bridgehead atoms. The second kappa shape index (κ2) is 6.18. The van der Waals surface area contributed by atoms with Crippen molar-refractivity contribution in [2.45, 2.75) is 32.4 Å². The summed E-state index contributed by atoms with van der Waals surface area (Å²) >= 11 is 0. The molecule has 3 unspecified atom stereocenters. The van der Waals surface area contributed by atoms with Crippen LogP contribution in [0.15, 0.2) is 24.3 Å². The van der Waals surface area contributed by atoms with E-state index in [0.717, 1.165) is 24.3 Å². The second-order valence-electron chi connectivity index (χ2n) is 4.72. The van der Waals surface area contributed by atoms with E-state index in [4.69, 9.17) is 15.3 Å². The van der Waals surface area contributed by atoms with Crippen LogP contribution in [0.2, 0.25) is 0 Å². The third-order valence-corrected chi connectivity index (χ3v) is 3.51. The Hall–Kier alpha value is -1.10. The molecule has 18 heavy (non-hydrogen) atoms. The lowest BCUT2D eigenvalue weighted by atomic mass is 9.92. The van der Waals surface area contributed by atoms with Crippen molar-refractivity contribution in [3.63, 3.8) is 0 Å². The molecule has 1 aromatic rings. The number of ether oxygens (including phenoxy) is 2. The van der Waals surface area contributed by atoms with E-state index in [1.165, 1.54) is 0 Å². The maximum atomic E-state index is 5.81. The molecule has 4 nitrogen and oxygen atoms in total. The quantitative estimate of drug-likeness (QED) is 0.620. The van der Waals surface area contributed by atoms with Crippen LogP contribution in [-0.2, 0) is 4.74 Å². The van der Waals surface area contributed by atoms with Crippen LogP contribution in [0.4, 0.5) is 0 Å². The first kappa shape index (κ1) is 13.3. The first-order valence-electron chi connectivity index (χ1n) is 6.57. The predicted octanol–water partition coefficient (Wildman–Crippen LogP) is 2.01. The summed E-state index contributed by atoms with van der Waals surface area (Å²) in [5, 5.41) is 0. The molecular weight excluding hydrogens is 228 g/mol. The van der Waals surface area contributed by atoms with Gasteiger partial charge in [-0.1, -0.05) is 25.1 Å². The molecule has 1 aliphatic heterocycles. The highest BCUT2D eigenvalue weighted by molar-refractivity contribution is 5.36. The SMILES string of the molecule is CCOc1ccccc1C(NN)C1OCCC1C. The second-order valence-corrected chi connectivity index (χ2v) is 4.72. The first-order valence-corrected chi connectivity index (χ1v) is 6.57. The fourth-order valence-corrected chi connectivity index (χ4v) is 2.53. The summed E-state index contributed by atoms with van der Waals surface area (Å²) < 4.78 is 11.5.